The van der Waals surface area contributed by atoms with Gasteiger partial charge in [-0.1, -0.05) is 53.7 Å². The van der Waals surface area contributed by atoms with Crippen molar-refractivity contribution in [1.29, 1.82) is 0 Å². The molecule has 10 nitrogen and oxygen atoms in total. The molecule has 0 N–H and O–H groups in total. The number of benzene rings is 3. The van der Waals surface area contributed by atoms with Gasteiger partial charge >= 0.3 is 0 Å². The van der Waals surface area contributed by atoms with Gasteiger partial charge in [-0.3, -0.25) is 9.36 Å². The van der Waals surface area contributed by atoms with E-state index in [1.54, 1.807) is 23.1 Å². The van der Waals surface area contributed by atoms with Gasteiger partial charge in [-0.2, -0.15) is 4.31 Å². The van der Waals surface area contributed by atoms with Crippen LogP contribution < -0.4 is 9.47 Å². The molecule has 1 fully saturated rings. The molecule has 0 atom stereocenters. The zero-order valence-corrected chi connectivity index (χ0v) is 23.5. The summed E-state index contributed by atoms with van der Waals surface area (Å²) in [7, 11) is -3.74. The Kier molecular flexibility index (Phi) is 7.41. The molecule has 2 aliphatic heterocycles. The van der Waals surface area contributed by atoms with Gasteiger partial charge < -0.3 is 14.4 Å². The first-order valence-electron chi connectivity index (χ1n) is 12.5. The van der Waals surface area contributed by atoms with Gasteiger partial charge in [0.05, 0.1) is 10.8 Å². The lowest BCUT2D eigenvalue weighted by Gasteiger charge is -2.34. The topological polar surface area (TPSA) is 107 Å². The third kappa shape index (κ3) is 5.15. The minimum absolute atomic E-state index is 0.0745. The fourth-order valence-corrected chi connectivity index (χ4v) is 7.35. The van der Waals surface area contributed by atoms with Crippen molar-refractivity contribution in [3.8, 4) is 28.6 Å². The average molecular weight is 598 g/mol. The predicted octanol–water partition coefficient (Wildman–Crippen LogP) is 3.94. The van der Waals surface area contributed by atoms with Crippen LogP contribution in [0.2, 0.25) is 5.02 Å². The normalized spacial score (nSPS) is 15.4. The molecule has 206 valence electrons. The van der Waals surface area contributed by atoms with Gasteiger partial charge in [0.15, 0.2) is 22.5 Å². The van der Waals surface area contributed by atoms with Gasteiger partial charge in [0.1, 0.15) is 4.90 Å². The molecule has 0 bridgehead atoms. The van der Waals surface area contributed by atoms with Crippen molar-refractivity contribution in [1.82, 2.24) is 24.0 Å². The lowest BCUT2D eigenvalue weighted by Crippen LogP contribution is -2.51. The molecule has 1 amide bonds. The highest BCUT2D eigenvalue weighted by molar-refractivity contribution is 7.99. The Bertz CT molecular complexity index is 1660. The summed E-state index contributed by atoms with van der Waals surface area (Å²) < 4.78 is 40.3. The number of piperazine rings is 1. The summed E-state index contributed by atoms with van der Waals surface area (Å²) in [5.74, 6) is 1.95. The molecule has 2 aliphatic rings. The van der Waals surface area contributed by atoms with Crippen LogP contribution in [-0.4, -0.2) is 77.0 Å². The zero-order chi connectivity index (χ0) is 27.7. The van der Waals surface area contributed by atoms with E-state index in [1.807, 2.05) is 53.1 Å². The Balaban J connectivity index is 1.16. The number of carbonyl (C=O) groups excluding carboxylic acids is 1. The van der Waals surface area contributed by atoms with Crippen molar-refractivity contribution in [2.75, 3.05) is 38.7 Å². The first-order valence-corrected chi connectivity index (χ1v) is 15.3. The molecule has 1 saturated heterocycles. The van der Waals surface area contributed by atoms with Crippen LogP contribution in [-0.2, 0) is 14.8 Å². The summed E-state index contributed by atoms with van der Waals surface area (Å²) in [5.41, 5.74) is 1.66. The monoisotopic (exact) mass is 597 g/mol. The second kappa shape index (κ2) is 11.1. The van der Waals surface area contributed by atoms with Crippen molar-refractivity contribution in [2.45, 2.75) is 10.1 Å². The molecular formula is C27H24ClN5O5S2. The van der Waals surface area contributed by atoms with Crippen LogP contribution in [0, 0.1) is 0 Å². The highest BCUT2D eigenvalue weighted by Gasteiger charge is 2.31. The highest BCUT2D eigenvalue weighted by atomic mass is 35.5. The van der Waals surface area contributed by atoms with E-state index in [2.05, 4.69) is 10.2 Å². The van der Waals surface area contributed by atoms with E-state index in [9.17, 15) is 13.2 Å². The standard InChI is InChI=1S/C27H24ClN5O5S2/c28-21-8-4-5-9-24(21)40(35,36)32-14-12-31(13-15-32)25(34)17-39-27-30-29-26(33(27)20-6-2-1-3-7-20)19-10-11-22-23(16-19)38-18-37-22/h1-11,16H,12-15,17-18H2. The fourth-order valence-electron chi connectivity index (χ4n) is 4.58. The van der Waals surface area contributed by atoms with Crippen molar-refractivity contribution in [3.63, 3.8) is 0 Å². The molecule has 0 unspecified atom stereocenters. The number of aromatic nitrogens is 3. The van der Waals surface area contributed by atoms with Crippen LogP contribution in [0.15, 0.2) is 82.8 Å². The summed E-state index contributed by atoms with van der Waals surface area (Å²) in [5, 5.41) is 9.58. The Hall–Kier alpha value is -3.58. The van der Waals surface area contributed by atoms with Gasteiger partial charge in [0, 0.05) is 37.4 Å². The van der Waals surface area contributed by atoms with Crippen LogP contribution in [0.3, 0.4) is 0 Å². The Morgan fingerprint density at radius 2 is 1.62 bits per heavy atom. The number of halogens is 1. The summed E-state index contributed by atoms with van der Waals surface area (Å²) in [4.78, 5) is 14.9. The average Bonchev–Trinajstić information content (AvgIpc) is 3.63. The van der Waals surface area contributed by atoms with Gasteiger partial charge in [-0.25, -0.2) is 8.42 Å². The van der Waals surface area contributed by atoms with Crippen molar-refractivity contribution in [3.05, 3.63) is 77.8 Å². The minimum atomic E-state index is -3.74. The summed E-state index contributed by atoms with van der Waals surface area (Å²) >= 11 is 7.41. The van der Waals surface area contributed by atoms with E-state index < -0.39 is 10.0 Å². The molecule has 0 saturated carbocycles. The maximum absolute atomic E-state index is 13.1. The number of para-hydroxylation sites is 1. The van der Waals surface area contributed by atoms with Crippen LogP contribution in [0.25, 0.3) is 17.1 Å². The molecule has 0 radical (unpaired) electrons. The molecule has 40 heavy (non-hydrogen) atoms. The van der Waals surface area contributed by atoms with E-state index in [0.717, 1.165) is 11.3 Å². The van der Waals surface area contributed by atoms with Gasteiger partial charge in [0.2, 0.25) is 22.7 Å². The van der Waals surface area contributed by atoms with E-state index in [4.69, 9.17) is 21.1 Å². The summed E-state index contributed by atoms with van der Waals surface area (Å²) in [6.07, 6.45) is 0. The van der Waals surface area contributed by atoms with E-state index in [0.29, 0.717) is 22.5 Å². The quantitative estimate of drug-likeness (QED) is 0.295. The lowest BCUT2D eigenvalue weighted by molar-refractivity contribution is -0.129. The van der Waals surface area contributed by atoms with Gasteiger partial charge in [0.25, 0.3) is 0 Å². The van der Waals surface area contributed by atoms with Crippen molar-refractivity contribution < 1.29 is 22.7 Å². The molecular weight excluding hydrogens is 574 g/mol. The van der Waals surface area contributed by atoms with Crippen LogP contribution in [0.5, 0.6) is 11.5 Å². The number of hydrogen-bond acceptors (Lipinski definition) is 8. The zero-order valence-electron chi connectivity index (χ0n) is 21.1. The molecule has 3 aromatic carbocycles. The van der Waals surface area contributed by atoms with Crippen LogP contribution in [0.4, 0.5) is 0 Å². The number of fused-ring (bicyclic) bond motifs is 1. The first-order chi connectivity index (χ1) is 19.4. The fraction of sp³-hybridized carbons (Fsp3) is 0.222. The SMILES string of the molecule is O=C(CSc1nnc(-c2ccc3c(c2)OCO3)n1-c1ccccc1)N1CCN(S(=O)(=O)c2ccccc2Cl)CC1. The number of amides is 1. The maximum atomic E-state index is 13.1. The second-order valence-electron chi connectivity index (χ2n) is 9.05. The smallest absolute Gasteiger partial charge is 0.244 e. The molecule has 13 heteroatoms. The molecule has 1 aromatic heterocycles. The summed E-state index contributed by atoms with van der Waals surface area (Å²) in [6.45, 7) is 1.14. The molecule has 3 heterocycles. The molecule has 6 rings (SSSR count). The van der Waals surface area contributed by atoms with Crippen LogP contribution >= 0.6 is 23.4 Å². The van der Waals surface area contributed by atoms with Crippen molar-refractivity contribution >= 4 is 39.3 Å². The Morgan fingerprint density at radius 3 is 2.40 bits per heavy atom. The largest absolute Gasteiger partial charge is 0.454 e. The highest BCUT2D eigenvalue weighted by Crippen LogP contribution is 2.37. The number of thioether (sulfide) groups is 1. The van der Waals surface area contributed by atoms with E-state index >= 15 is 0 Å². The van der Waals surface area contributed by atoms with Crippen molar-refractivity contribution in [2.24, 2.45) is 0 Å². The third-order valence-corrected chi connectivity index (χ3v) is 9.96. The second-order valence-corrected chi connectivity index (χ2v) is 12.3. The van der Waals surface area contributed by atoms with E-state index in [-0.39, 0.29) is 54.6 Å². The van der Waals surface area contributed by atoms with E-state index in [1.165, 1.54) is 22.1 Å². The predicted molar refractivity (Wildman–Crippen MR) is 150 cm³/mol. The maximum Gasteiger partial charge on any atom is 0.244 e. The van der Waals surface area contributed by atoms with Gasteiger partial charge in [-0.15, -0.1) is 10.2 Å². The number of nitrogens with zero attached hydrogens (tertiary/aromatic N) is 5. The number of sulfonamides is 1. The lowest BCUT2D eigenvalue weighted by atomic mass is 10.2. The summed E-state index contributed by atoms with van der Waals surface area (Å²) in [6, 6.07) is 21.6. The molecule has 0 aliphatic carbocycles. The Morgan fingerprint density at radius 1 is 0.900 bits per heavy atom. The number of hydrogen-bond donors (Lipinski definition) is 0. The van der Waals surface area contributed by atoms with Crippen LogP contribution in [0.1, 0.15) is 0 Å². The number of carbonyl (C=O) groups is 1. The molecule has 0 spiro atoms. The molecule has 4 aromatic rings. The Labute approximate surface area is 240 Å². The van der Waals surface area contributed by atoms with Gasteiger partial charge in [-0.05, 0) is 42.5 Å². The number of rotatable bonds is 7. The third-order valence-electron chi connectivity index (χ3n) is 6.65. The first kappa shape index (κ1) is 26.6. The minimum Gasteiger partial charge on any atom is -0.454 e. The number of ether oxygens (including phenoxy) is 2.